The number of hydrogen-bond donors (Lipinski definition) is 3. The molecule has 3 aromatic carbocycles. The Balaban J connectivity index is 1.72. The van der Waals surface area contributed by atoms with E-state index in [2.05, 4.69) is 9.97 Å². The summed E-state index contributed by atoms with van der Waals surface area (Å²) in [6, 6.07) is 11.9. The summed E-state index contributed by atoms with van der Waals surface area (Å²) < 4.78 is 56.5. The molecule has 3 N–H and O–H groups in total. The third-order valence-electron chi connectivity index (χ3n) is 5.78. The van der Waals surface area contributed by atoms with E-state index in [0.717, 1.165) is 12.1 Å². The Morgan fingerprint density at radius 1 is 0.971 bits per heavy atom. The van der Waals surface area contributed by atoms with Crippen molar-refractivity contribution in [2.45, 2.75) is 24.9 Å². The Morgan fingerprint density at radius 2 is 1.62 bits per heavy atom. The van der Waals surface area contributed by atoms with Crippen LogP contribution in [0.3, 0.4) is 0 Å². The van der Waals surface area contributed by atoms with Gasteiger partial charge >= 0.3 is 17.8 Å². The van der Waals surface area contributed by atoms with Crippen LogP contribution in [0.15, 0.2) is 59.4 Å². The molecule has 0 aliphatic rings. The number of imidazole rings is 1. The number of halogens is 5. The number of rotatable bonds is 5. The van der Waals surface area contributed by atoms with Crippen molar-refractivity contribution in [2.75, 3.05) is 0 Å². The highest BCUT2D eigenvalue weighted by molar-refractivity contribution is 6.31. The number of alkyl halides is 3. The van der Waals surface area contributed by atoms with Crippen LogP contribution in [0.25, 0.3) is 22.2 Å². The number of nitrogens with one attached hydrogen (secondary N) is 2. The van der Waals surface area contributed by atoms with Crippen molar-refractivity contribution in [3.8, 4) is 11.1 Å². The van der Waals surface area contributed by atoms with Crippen LogP contribution >= 0.6 is 11.6 Å². The fraction of sp³-hybridized carbons (Fsp3) is 0.167. The first-order chi connectivity index (χ1) is 16.0. The van der Waals surface area contributed by atoms with Gasteiger partial charge in [0.2, 0.25) is 0 Å². The van der Waals surface area contributed by atoms with Crippen molar-refractivity contribution in [3.63, 3.8) is 0 Å². The normalized spacial score (nSPS) is 13.7. The maximum atomic E-state index is 14.2. The summed E-state index contributed by atoms with van der Waals surface area (Å²) in [6.45, 7) is 1.41. The average Bonchev–Trinajstić information content (AvgIpc) is 3.11. The fourth-order valence-electron chi connectivity index (χ4n) is 4.13. The second kappa shape index (κ2) is 8.64. The van der Waals surface area contributed by atoms with Crippen molar-refractivity contribution in [2.24, 2.45) is 0 Å². The van der Waals surface area contributed by atoms with Gasteiger partial charge in [0.1, 0.15) is 5.82 Å². The maximum absolute atomic E-state index is 14.2. The molecule has 2 atom stereocenters. The third-order valence-corrected chi connectivity index (χ3v) is 6.10. The first-order valence-electron chi connectivity index (χ1n) is 10.1. The van der Waals surface area contributed by atoms with Crippen molar-refractivity contribution < 1.29 is 27.5 Å². The van der Waals surface area contributed by atoms with E-state index in [4.69, 9.17) is 16.7 Å². The number of hydrogen-bond acceptors (Lipinski definition) is 2. The Bertz CT molecular complexity index is 1460. The lowest BCUT2D eigenvalue weighted by molar-refractivity contribution is -0.154. The number of aromatic nitrogens is 2. The molecule has 0 fully saturated rings. The molecular weight excluding hydrogens is 476 g/mol. The van der Waals surface area contributed by atoms with Gasteiger partial charge in [-0.1, -0.05) is 42.8 Å². The van der Waals surface area contributed by atoms with E-state index in [1.165, 1.54) is 49.4 Å². The summed E-state index contributed by atoms with van der Waals surface area (Å²) in [5, 5.41) is 9.02. The summed E-state index contributed by atoms with van der Waals surface area (Å²) in [4.78, 5) is 27.5. The fourth-order valence-corrected chi connectivity index (χ4v) is 4.48. The van der Waals surface area contributed by atoms with Gasteiger partial charge in [0.15, 0.2) is 0 Å². The second-order valence-electron chi connectivity index (χ2n) is 7.93. The zero-order chi connectivity index (χ0) is 24.8. The summed E-state index contributed by atoms with van der Waals surface area (Å²) >= 11 is 6.37. The van der Waals surface area contributed by atoms with Crippen molar-refractivity contribution in [1.82, 2.24) is 9.97 Å². The second-order valence-corrected chi connectivity index (χ2v) is 8.34. The molecule has 0 aliphatic heterocycles. The monoisotopic (exact) mass is 492 g/mol. The number of carboxylic acid groups (broad SMARTS) is 1. The summed E-state index contributed by atoms with van der Waals surface area (Å²) in [7, 11) is 0. The van der Waals surface area contributed by atoms with Gasteiger partial charge in [0.05, 0.1) is 22.5 Å². The summed E-state index contributed by atoms with van der Waals surface area (Å²) in [6.07, 6.45) is -4.61. The number of benzene rings is 3. The molecule has 1 aromatic heterocycles. The highest BCUT2D eigenvalue weighted by atomic mass is 35.5. The van der Waals surface area contributed by atoms with Gasteiger partial charge in [-0.2, -0.15) is 13.2 Å². The van der Waals surface area contributed by atoms with Crippen LogP contribution < -0.4 is 5.69 Å². The van der Waals surface area contributed by atoms with E-state index in [1.807, 2.05) is 0 Å². The highest BCUT2D eigenvalue weighted by Crippen LogP contribution is 2.47. The lowest BCUT2D eigenvalue weighted by atomic mass is 9.81. The van der Waals surface area contributed by atoms with Crippen molar-refractivity contribution in [1.29, 1.82) is 0 Å². The van der Waals surface area contributed by atoms with Crippen LogP contribution in [-0.2, 0) is 0 Å². The van der Waals surface area contributed by atoms with E-state index < -0.39 is 41.1 Å². The molecule has 1 heterocycles. The molecule has 0 saturated carbocycles. The average molecular weight is 493 g/mol. The Morgan fingerprint density at radius 3 is 2.24 bits per heavy atom. The standard InChI is InChI=1S/C24H17ClF4N2O3/c1-11(21(24(27,28)29)14-4-7-19-20(10-14)31-23(34)30-19)15-5-2-12(8-17(15)25)13-3-6-16(22(32)33)18(26)9-13/h2-11,21H,1H3,(H,32,33)(H2,30,31,34). The van der Waals surface area contributed by atoms with Gasteiger partial charge < -0.3 is 15.1 Å². The topological polar surface area (TPSA) is 85.9 Å². The van der Waals surface area contributed by atoms with Gasteiger partial charge in [0.25, 0.3) is 0 Å². The zero-order valence-electron chi connectivity index (χ0n) is 17.5. The molecule has 0 amide bonds. The van der Waals surface area contributed by atoms with E-state index in [1.54, 1.807) is 0 Å². The lowest BCUT2D eigenvalue weighted by Gasteiger charge is -2.28. The molecule has 4 aromatic rings. The van der Waals surface area contributed by atoms with Crippen LogP contribution in [0, 0.1) is 5.82 Å². The van der Waals surface area contributed by atoms with Crippen molar-refractivity contribution in [3.05, 3.63) is 92.6 Å². The number of fused-ring (bicyclic) bond motifs is 1. The lowest BCUT2D eigenvalue weighted by Crippen LogP contribution is -2.26. The molecule has 0 bridgehead atoms. The van der Waals surface area contributed by atoms with E-state index >= 15 is 0 Å². The molecule has 4 rings (SSSR count). The molecule has 176 valence electrons. The minimum atomic E-state index is -4.61. The molecule has 2 unspecified atom stereocenters. The van der Waals surface area contributed by atoms with E-state index in [-0.39, 0.29) is 21.7 Å². The SMILES string of the molecule is CC(c1ccc(-c2ccc(C(=O)O)c(F)c2)cc1Cl)C(c1ccc2[nH]c(=O)[nH]c2c1)C(F)(F)F. The number of carboxylic acids is 1. The van der Waals surface area contributed by atoms with Crippen LogP contribution in [0.5, 0.6) is 0 Å². The predicted octanol–water partition coefficient (Wildman–Crippen LogP) is 6.46. The smallest absolute Gasteiger partial charge is 0.396 e. The third kappa shape index (κ3) is 4.43. The Hall–Kier alpha value is -3.59. The van der Waals surface area contributed by atoms with Crippen LogP contribution in [0.4, 0.5) is 17.6 Å². The largest absolute Gasteiger partial charge is 0.478 e. The molecule has 5 nitrogen and oxygen atoms in total. The Kier molecular flexibility index (Phi) is 5.99. The molecular formula is C24H17ClF4N2O3. The van der Waals surface area contributed by atoms with Crippen LogP contribution in [-0.4, -0.2) is 27.2 Å². The molecule has 0 saturated heterocycles. The molecule has 0 radical (unpaired) electrons. The van der Waals surface area contributed by atoms with E-state index in [9.17, 15) is 27.2 Å². The Labute approximate surface area is 195 Å². The summed E-state index contributed by atoms with van der Waals surface area (Å²) in [5.41, 5.74) is 0.601. The van der Waals surface area contributed by atoms with E-state index in [0.29, 0.717) is 16.6 Å². The first kappa shape index (κ1) is 23.6. The predicted molar refractivity (Wildman–Crippen MR) is 120 cm³/mol. The molecule has 0 spiro atoms. The quantitative estimate of drug-likeness (QED) is 0.279. The van der Waals surface area contributed by atoms with Crippen LogP contribution in [0.1, 0.15) is 40.2 Å². The summed E-state index contributed by atoms with van der Waals surface area (Å²) in [5.74, 6) is -5.35. The number of aromatic amines is 2. The van der Waals surface area contributed by atoms with Crippen molar-refractivity contribution >= 4 is 28.6 Å². The maximum Gasteiger partial charge on any atom is 0.396 e. The number of H-pyrrole nitrogens is 2. The first-order valence-corrected chi connectivity index (χ1v) is 10.4. The number of aromatic carboxylic acids is 1. The molecule has 10 heteroatoms. The number of carbonyl (C=O) groups is 1. The van der Waals surface area contributed by atoms with Gasteiger partial charge in [-0.15, -0.1) is 0 Å². The van der Waals surface area contributed by atoms with Gasteiger partial charge in [-0.05, 0) is 58.5 Å². The van der Waals surface area contributed by atoms with Crippen LogP contribution in [0.2, 0.25) is 5.02 Å². The highest BCUT2D eigenvalue weighted by Gasteiger charge is 2.45. The minimum absolute atomic E-state index is 0.0331. The van der Waals surface area contributed by atoms with Gasteiger partial charge in [-0.3, -0.25) is 0 Å². The molecule has 0 aliphatic carbocycles. The molecule has 34 heavy (non-hydrogen) atoms. The minimum Gasteiger partial charge on any atom is -0.478 e. The van der Waals surface area contributed by atoms with Gasteiger partial charge in [0, 0.05) is 5.02 Å². The zero-order valence-corrected chi connectivity index (χ0v) is 18.3. The van der Waals surface area contributed by atoms with Gasteiger partial charge in [-0.25, -0.2) is 14.0 Å².